The first-order valence-corrected chi connectivity index (χ1v) is 13.0. The van der Waals surface area contributed by atoms with Crippen molar-refractivity contribution < 1.29 is 32.6 Å². The Morgan fingerprint density at radius 1 is 0.579 bits per heavy atom. The minimum absolute atomic E-state index is 0.0319. The van der Waals surface area contributed by atoms with Crippen LogP contribution in [0.5, 0.6) is 17.2 Å². The van der Waals surface area contributed by atoms with E-state index in [0.29, 0.717) is 15.5 Å². The summed E-state index contributed by atoms with van der Waals surface area (Å²) in [5.74, 6) is 18.8. The summed E-state index contributed by atoms with van der Waals surface area (Å²) in [6.45, 7) is 0. The van der Waals surface area contributed by atoms with E-state index in [2.05, 4.69) is 0 Å². The molecule has 0 unspecified atom stereocenters. The van der Waals surface area contributed by atoms with Crippen molar-refractivity contribution in [3.05, 3.63) is 69.7 Å². The molecule has 3 rings (SSSR count). The summed E-state index contributed by atoms with van der Waals surface area (Å²) in [6.07, 6.45) is 0. The van der Waals surface area contributed by atoms with Crippen LogP contribution in [0.15, 0.2) is 54.6 Å². The van der Waals surface area contributed by atoms with Gasteiger partial charge in [0.2, 0.25) is 0 Å². The summed E-state index contributed by atoms with van der Waals surface area (Å²) in [6, 6.07) is 13.8. The Kier molecular flexibility index (Phi) is 10.2. The lowest BCUT2D eigenvalue weighted by molar-refractivity contribution is 0.0859. The van der Waals surface area contributed by atoms with E-state index in [9.17, 15) is 4.57 Å². The molecule has 0 saturated heterocycles. The number of anilines is 3. The van der Waals surface area contributed by atoms with Gasteiger partial charge in [-0.15, -0.1) is 13.9 Å². The van der Waals surface area contributed by atoms with Crippen molar-refractivity contribution in [3.63, 3.8) is 0 Å². The number of rotatable bonds is 12. The molecule has 0 aromatic heterocycles. The second-order valence-electron chi connectivity index (χ2n) is 7.05. The van der Waals surface area contributed by atoms with E-state index in [4.69, 9.17) is 80.4 Å². The molecule has 0 spiro atoms. The Morgan fingerprint density at radius 3 is 1.08 bits per heavy atom. The molecule has 0 amide bonds. The third-order valence-electron chi connectivity index (χ3n) is 4.76. The molecule has 0 bridgehead atoms. The summed E-state index contributed by atoms with van der Waals surface area (Å²) in [5, 5.41) is 1.70. The zero-order valence-electron chi connectivity index (χ0n) is 20.2. The van der Waals surface area contributed by atoms with Gasteiger partial charge < -0.3 is 14.2 Å². The average molecular weight is 610 g/mol. The number of halogens is 3. The predicted octanol–water partition coefficient (Wildman–Crippen LogP) is 5.02. The highest BCUT2D eigenvalue weighted by molar-refractivity contribution is 7.48. The second-order valence-corrected chi connectivity index (χ2v) is 9.57. The Morgan fingerprint density at radius 2 is 0.842 bits per heavy atom. The van der Waals surface area contributed by atoms with Crippen LogP contribution >= 0.6 is 42.6 Å². The first-order valence-electron chi connectivity index (χ1n) is 10.4. The summed E-state index contributed by atoms with van der Waals surface area (Å²) in [7, 11) is -0.707. The highest BCUT2D eigenvalue weighted by atomic mass is 35.5. The van der Waals surface area contributed by atoms with Crippen molar-refractivity contribution in [2.24, 2.45) is 17.5 Å². The summed E-state index contributed by atoms with van der Waals surface area (Å²) in [5.41, 5.74) is 0.0956. The lowest BCUT2D eigenvalue weighted by atomic mass is 10.3. The molecule has 0 aliphatic carbocycles. The number of nitrogens with zero attached hydrogens (tertiary/aromatic N) is 3. The van der Waals surface area contributed by atoms with Crippen LogP contribution in [0.25, 0.3) is 0 Å². The molecular weight excluding hydrogens is 586 g/mol. The van der Waals surface area contributed by atoms with Crippen molar-refractivity contribution in [3.8, 4) is 17.2 Å². The van der Waals surface area contributed by atoms with Gasteiger partial charge in [0, 0.05) is 0 Å². The number of phosphoric acid groups is 1. The topological polar surface area (TPSA) is 160 Å². The summed E-state index contributed by atoms with van der Waals surface area (Å²) in [4.78, 5) is 0. The van der Waals surface area contributed by atoms with Crippen LogP contribution in [0.2, 0.25) is 15.1 Å². The maximum absolute atomic E-state index is 13.9. The van der Waals surface area contributed by atoms with Crippen molar-refractivity contribution in [1.82, 2.24) is 0 Å². The molecule has 3 aromatic carbocycles. The van der Waals surface area contributed by atoms with Gasteiger partial charge in [0.15, 0.2) is 0 Å². The number of hydrazine groups is 3. The average Bonchev–Trinajstić information content (AvgIpc) is 2.88. The van der Waals surface area contributed by atoms with Crippen LogP contribution in [-0.4, -0.2) is 21.3 Å². The van der Waals surface area contributed by atoms with Gasteiger partial charge in [0.1, 0.15) is 49.4 Å². The van der Waals surface area contributed by atoms with Crippen molar-refractivity contribution >= 4 is 59.7 Å². The molecule has 17 heteroatoms. The predicted molar refractivity (Wildman–Crippen MR) is 145 cm³/mol. The fraction of sp³-hybridized carbons (Fsp3) is 0.143. The Labute approximate surface area is 233 Å². The zero-order valence-corrected chi connectivity index (χ0v) is 23.4. The fourth-order valence-corrected chi connectivity index (χ4v) is 4.84. The van der Waals surface area contributed by atoms with E-state index >= 15 is 0 Å². The van der Waals surface area contributed by atoms with Gasteiger partial charge in [0.05, 0.1) is 21.3 Å². The number of nitrogens with two attached hydrogens (primary N) is 3. The first kappa shape index (κ1) is 29.9. The van der Waals surface area contributed by atoms with Gasteiger partial charge in [-0.25, -0.2) is 22.1 Å². The number of hydrogen-bond acceptors (Lipinski definition) is 13. The Balaban J connectivity index is 1.98. The molecule has 13 nitrogen and oxygen atoms in total. The van der Waals surface area contributed by atoms with Crippen LogP contribution in [-0.2, 0) is 18.4 Å². The molecule has 0 saturated carbocycles. The molecule has 0 heterocycles. The van der Waals surface area contributed by atoms with Gasteiger partial charge >= 0.3 is 7.82 Å². The van der Waals surface area contributed by atoms with Crippen LogP contribution in [0.3, 0.4) is 0 Å². The largest absolute Gasteiger partial charge is 0.543 e. The molecular formula is C21H24Cl3N6O7P. The monoisotopic (exact) mass is 608 g/mol. The van der Waals surface area contributed by atoms with E-state index in [1.165, 1.54) is 39.5 Å². The lowest BCUT2D eigenvalue weighted by Gasteiger charge is -2.30. The van der Waals surface area contributed by atoms with Crippen LogP contribution < -0.4 is 47.3 Å². The maximum Gasteiger partial charge on any atom is 0.543 e. The maximum atomic E-state index is 13.9. The molecule has 6 N–H and O–H groups in total. The van der Waals surface area contributed by atoms with Crippen molar-refractivity contribution in [2.75, 3.05) is 36.8 Å². The van der Waals surface area contributed by atoms with E-state index < -0.39 is 7.82 Å². The summed E-state index contributed by atoms with van der Waals surface area (Å²) < 4.78 is 45.5. The minimum Gasteiger partial charge on any atom is -0.495 e. The zero-order chi connectivity index (χ0) is 28.0. The van der Waals surface area contributed by atoms with Crippen molar-refractivity contribution in [1.29, 1.82) is 0 Å². The number of ether oxygens (including phenoxy) is 3. The number of methoxy groups -OCH3 is 3. The molecule has 3 aromatic rings. The van der Waals surface area contributed by atoms with E-state index in [1.807, 2.05) is 0 Å². The van der Waals surface area contributed by atoms with E-state index in [0.717, 1.165) is 0 Å². The van der Waals surface area contributed by atoms with Gasteiger partial charge in [-0.1, -0.05) is 53.0 Å². The molecule has 0 aliphatic rings. The highest BCUT2D eigenvalue weighted by Gasteiger charge is 2.38. The van der Waals surface area contributed by atoms with Crippen LogP contribution in [0.1, 0.15) is 0 Å². The van der Waals surface area contributed by atoms with Gasteiger partial charge in [-0.2, -0.15) is 15.5 Å². The standard InChI is InChI=1S/C21H24Cl3N6O7P/c1-32-16-10-4-7-13(19(16)22)28(25)35-38(31,36-29(26)14-8-5-11-17(33-2)20(14)23)37-30(27)15-9-6-12-18(34-3)21(15)24/h4-12H,25-27H2,1-3H3. The van der Waals surface area contributed by atoms with Gasteiger partial charge in [-0.05, 0) is 36.4 Å². The number of benzene rings is 3. The SMILES string of the molecule is COc1cccc(N(N)OP(=O)(ON(N)c2cccc(OC)c2Cl)ON(N)c2cccc(OC)c2Cl)c1Cl. The summed E-state index contributed by atoms with van der Waals surface area (Å²) >= 11 is 18.9. The van der Waals surface area contributed by atoms with Crippen molar-refractivity contribution in [2.45, 2.75) is 0 Å². The second kappa shape index (κ2) is 12.9. The van der Waals surface area contributed by atoms with E-state index in [1.54, 1.807) is 36.4 Å². The Bertz CT molecular complexity index is 1170. The third-order valence-corrected chi connectivity index (χ3v) is 7.03. The number of hydrogen-bond donors (Lipinski definition) is 3. The quantitative estimate of drug-likeness (QED) is 0.143. The molecule has 0 atom stereocenters. The molecule has 0 radical (unpaired) electrons. The van der Waals surface area contributed by atoms with Gasteiger partial charge in [0.25, 0.3) is 0 Å². The molecule has 0 fully saturated rings. The van der Waals surface area contributed by atoms with Crippen LogP contribution in [0.4, 0.5) is 17.1 Å². The van der Waals surface area contributed by atoms with Crippen LogP contribution in [0, 0.1) is 0 Å². The smallest absolute Gasteiger partial charge is 0.495 e. The molecule has 206 valence electrons. The fourth-order valence-electron chi connectivity index (χ4n) is 2.98. The molecule has 38 heavy (non-hydrogen) atoms. The Hall–Kier alpha value is -2.68. The normalized spacial score (nSPS) is 11.2. The van der Waals surface area contributed by atoms with Gasteiger partial charge in [-0.3, -0.25) is 0 Å². The van der Waals surface area contributed by atoms with E-state index in [-0.39, 0.29) is 49.4 Å². The first-order chi connectivity index (χ1) is 18.0. The highest BCUT2D eigenvalue weighted by Crippen LogP contribution is 2.54. The third kappa shape index (κ3) is 6.65. The lowest BCUT2D eigenvalue weighted by Crippen LogP contribution is -2.38. The minimum atomic E-state index is -4.91. The molecule has 0 aliphatic heterocycles.